The first-order chi connectivity index (χ1) is 15.0. The highest BCUT2D eigenvalue weighted by Gasteiger charge is 2.41. The van der Waals surface area contributed by atoms with Crippen molar-refractivity contribution in [3.05, 3.63) is 53.8 Å². The van der Waals surface area contributed by atoms with Crippen LogP contribution in [0.5, 0.6) is 11.5 Å². The normalized spacial score (nSPS) is 21.5. The summed E-state index contributed by atoms with van der Waals surface area (Å²) in [5.74, 6) is 0.450. The number of halogens is 1. The summed E-state index contributed by atoms with van der Waals surface area (Å²) in [5, 5.41) is 3.07. The van der Waals surface area contributed by atoms with Crippen LogP contribution in [-0.2, 0) is 15.0 Å². The highest BCUT2D eigenvalue weighted by molar-refractivity contribution is 6.00. The molecule has 7 heteroatoms. The van der Waals surface area contributed by atoms with E-state index in [9.17, 15) is 14.0 Å². The zero-order valence-corrected chi connectivity index (χ0v) is 17.2. The molecular formula is C24H25FN2O4. The van der Waals surface area contributed by atoms with E-state index in [0.29, 0.717) is 43.5 Å². The minimum atomic E-state index is -0.397. The molecule has 0 aromatic heterocycles. The van der Waals surface area contributed by atoms with Gasteiger partial charge in [-0.2, -0.15) is 0 Å². The monoisotopic (exact) mass is 424 g/mol. The lowest BCUT2D eigenvalue weighted by Crippen LogP contribution is -2.47. The van der Waals surface area contributed by atoms with Crippen LogP contribution in [0.2, 0.25) is 0 Å². The molecule has 2 aromatic carbocycles. The molecule has 0 spiro atoms. The van der Waals surface area contributed by atoms with Crippen molar-refractivity contribution in [1.29, 1.82) is 0 Å². The topological polar surface area (TPSA) is 67.9 Å². The molecule has 0 radical (unpaired) electrons. The van der Waals surface area contributed by atoms with Gasteiger partial charge in [-0.15, -0.1) is 0 Å². The number of benzene rings is 2. The van der Waals surface area contributed by atoms with E-state index in [1.165, 1.54) is 12.1 Å². The van der Waals surface area contributed by atoms with Gasteiger partial charge in [0.25, 0.3) is 0 Å². The van der Waals surface area contributed by atoms with Gasteiger partial charge in [-0.25, -0.2) is 4.39 Å². The van der Waals surface area contributed by atoms with Crippen LogP contribution in [0, 0.1) is 11.7 Å². The van der Waals surface area contributed by atoms with E-state index in [1.54, 1.807) is 17.0 Å². The van der Waals surface area contributed by atoms with Gasteiger partial charge < -0.3 is 19.7 Å². The molecule has 2 fully saturated rings. The predicted octanol–water partition coefficient (Wildman–Crippen LogP) is 3.19. The second-order valence-electron chi connectivity index (χ2n) is 8.59. The van der Waals surface area contributed by atoms with E-state index in [1.807, 2.05) is 18.2 Å². The smallest absolute Gasteiger partial charge is 0.227 e. The van der Waals surface area contributed by atoms with Crippen LogP contribution >= 0.6 is 0 Å². The number of amides is 2. The number of fused-ring (bicyclic) bond motifs is 1. The fourth-order valence-electron chi connectivity index (χ4n) is 4.71. The highest BCUT2D eigenvalue weighted by atomic mass is 19.1. The average molecular weight is 424 g/mol. The maximum Gasteiger partial charge on any atom is 0.227 e. The van der Waals surface area contributed by atoms with Crippen molar-refractivity contribution in [1.82, 2.24) is 5.32 Å². The minimum absolute atomic E-state index is 0.0753. The first-order valence-corrected chi connectivity index (χ1v) is 10.8. The molecule has 162 valence electrons. The van der Waals surface area contributed by atoms with E-state index < -0.39 is 5.92 Å². The molecular weight excluding hydrogens is 399 g/mol. The van der Waals surface area contributed by atoms with Gasteiger partial charge in [0.1, 0.15) is 19.0 Å². The van der Waals surface area contributed by atoms with Crippen LogP contribution in [0.1, 0.15) is 31.2 Å². The Morgan fingerprint density at radius 1 is 1.10 bits per heavy atom. The molecule has 1 atom stereocenters. The van der Waals surface area contributed by atoms with Crippen molar-refractivity contribution in [2.24, 2.45) is 5.92 Å². The summed E-state index contributed by atoms with van der Waals surface area (Å²) in [7, 11) is 0. The van der Waals surface area contributed by atoms with E-state index >= 15 is 0 Å². The van der Waals surface area contributed by atoms with Crippen LogP contribution in [0.3, 0.4) is 0 Å². The van der Waals surface area contributed by atoms with Crippen molar-refractivity contribution in [2.75, 3.05) is 31.2 Å². The third kappa shape index (κ3) is 3.73. The van der Waals surface area contributed by atoms with Crippen LogP contribution in [0.15, 0.2) is 42.5 Å². The quantitative estimate of drug-likeness (QED) is 0.801. The van der Waals surface area contributed by atoms with Gasteiger partial charge in [0.2, 0.25) is 11.8 Å². The molecule has 1 aliphatic carbocycles. The van der Waals surface area contributed by atoms with Crippen LogP contribution < -0.4 is 19.7 Å². The third-order valence-corrected chi connectivity index (χ3v) is 6.70. The molecule has 2 amide bonds. The molecule has 2 heterocycles. The third-order valence-electron chi connectivity index (χ3n) is 6.70. The van der Waals surface area contributed by atoms with Gasteiger partial charge in [0.05, 0.1) is 5.92 Å². The Balaban J connectivity index is 1.24. The van der Waals surface area contributed by atoms with Gasteiger partial charge in [-0.1, -0.05) is 18.6 Å². The number of hydrogen-bond donors (Lipinski definition) is 1. The lowest BCUT2D eigenvalue weighted by molar-refractivity contribution is -0.126. The summed E-state index contributed by atoms with van der Waals surface area (Å²) in [6.45, 7) is 1.84. The number of anilines is 1. The van der Waals surface area contributed by atoms with Crippen molar-refractivity contribution >= 4 is 17.5 Å². The van der Waals surface area contributed by atoms with E-state index in [2.05, 4.69) is 5.32 Å². The number of hydrogen-bond acceptors (Lipinski definition) is 4. The first kappa shape index (κ1) is 19.8. The zero-order chi connectivity index (χ0) is 21.4. The highest BCUT2D eigenvalue weighted by Crippen LogP contribution is 2.43. The number of carbonyl (C=O) groups excluding carboxylic acids is 2. The fraction of sp³-hybridized carbons (Fsp3) is 0.417. The summed E-state index contributed by atoms with van der Waals surface area (Å²) in [5.41, 5.74) is 1.63. The maximum absolute atomic E-state index is 13.3. The Kier molecular flexibility index (Phi) is 5.04. The lowest BCUT2D eigenvalue weighted by Gasteiger charge is -2.42. The Hall–Kier alpha value is -3.09. The first-order valence-electron chi connectivity index (χ1n) is 10.8. The molecule has 1 saturated heterocycles. The summed E-state index contributed by atoms with van der Waals surface area (Å²) >= 11 is 0. The zero-order valence-electron chi connectivity index (χ0n) is 17.2. The summed E-state index contributed by atoms with van der Waals surface area (Å²) in [6, 6.07) is 12.0. The molecule has 31 heavy (non-hydrogen) atoms. The number of ether oxygens (including phenoxy) is 2. The van der Waals surface area contributed by atoms with E-state index in [0.717, 1.165) is 24.8 Å². The molecule has 6 nitrogen and oxygen atoms in total. The molecule has 5 rings (SSSR count). The number of nitrogens with zero attached hydrogens (tertiary/aromatic N) is 1. The second kappa shape index (κ2) is 7.87. The summed E-state index contributed by atoms with van der Waals surface area (Å²) in [6.07, 6.45) is 3.20. The molecule has 2 aliphatic heterocycles. The Labute approximate surface area is 180 Å². The van der Waals surface area contributed by atoms with Crippen LogP contribution in [-0.4, -0.2) is 38.1 Å². The van der Waals surface area contributed by atoms with Crippen molar-refractivity contribution < 1.29 is 23.5 Å². The van der Waals surface area contributed by atoms with Crippen LogP contribution in [0.25, 0.3) is 0 Å². The lowest BCUT2D eigenvalue weighted by atomic mass is 9.64. The summed E-state index contributed by atoms with van der Waals surface area (Å²) in [4.78, 5) is 27.1. The standard InChI is InChI=1S/C24H25FN2O4/c25-18-4-2-17(3-5-18)24(8-1-9-24)15-26-23(29)16-12-22(28)27(14-16)19-6-7-20-21(13-19)31-11-10-30-20/h2-7,13,16H,1,8-12,14-15H2,(H,26,29). The van der Waals surface area contributed by atoms with E-state index in [-0.39, 0.29) is 29.5 Å². The Morgan fingerprint density at radius 3 is 2.55 bits per heavy atom. The van der Waals surface area contributed by atoms with E-state index in [4.69, 9.17) is 9.47 Å². The molecule has 0 bridgehead atoms. The molecule has 2 aromatic rings. The Morgan fingerprint density at radius 2 is 1.84 bits per heavy atom. The van der Waals surface area contributed by atoms with Crippen molar-refractivity contribution in [3.8, 4) is 11.5 Å². The van der Waals surface area contributed by atoms with Crippen LogP contribution in [0.4, 0.5) is 10.1 Å². The molecule has 1 unspecified atom stereocenters. The minimum Gasteiger partial charge on any atom is -0.486 e. The van der Waals surface area contributed by atoms with Crippen molar-refractivity contribution in [3.63, 3.8) is 0 Å². The SMILES string of the molecule is O=C(NCC1(c2ccc(F)cc2)CCC1)C1CC(=O)N(c2ccc3c(c2)OCCO3)C1. The fourth-order valence-corrected chi connectivity index (χ4v) is 4.71. The number of rotatable bonds is 5. The van der Waals surface area contributed by atoms with Gasteiger partial charge in [-0.05, 0) is 42.7 Å². The van der Waals surface area contributed by atoms with Gasteiger partial charge >= 0.3 is 0 Å². The maximum atomic E-state index is 13.3. The Bertz CT molecular complexity index is 1000. The van der Waals surface area contributed by atoms with Gasteiger partial charge in [-0.3, -0.25) is 9.59 Å². The largest absolute Gasteiger partial charge is 0.486 e. The summed E-state index contributed by atoms with van der Waals surface area (Å²) < 4.78 is 24.4. The predicted molar refractivity (Wildman–Crippen MR) is 113 cm³/mol. The van der Waals surface area contributed by atoms with Crippen molar-refractivity contribution in [2.45, 2.75) is 31.1 Å². The molecule has 1 N–H and O–H groups in total. The average Bonchev–Trinajstić information content (AvgIpc) is 3.15. The molecule has 3 aliphatic rings. The number of carbonyl (C=O) groups is 2. The van der Waals surface area contributed by atoms with Gasteiger partial charge in [0.15, 0.2) is 11.5 Å². The second-order valence-corrected chi connectivity index (χ2v) is 8.59. The number of nitrogens with one attached hydrogen (secondary N) is 1. The molecule has 1 saturated carbocycles. The van der Waals surface area contributed by atoms with Gasteiger partial charge in [0, 0.05) is 36.7 Å².